The third-order valence-electron chi connectivity index (χ3n) is 5.42. The fourth-order valence-corrected chi connectivity index (χ4v) is 4.43. The molecule has 11 heteroatoms. The summed E-state index contributed by atoms with van der Waals surface area (Å²) >= 11 is 1.45. The Morgan fingerprint density at radius 3 is 2.56 bits per heavy atom. The van der Waals surface area contributed by atoms with Gasteiger partial charge in [0.2, 0.25) is 5.06 Å². The average Bonchev–Trinajstić information content (AvgIpc) is 3.40. The van der Waals surface area contributed by atoms with Crippen LogP contribution in [0.15, 0.2) is 59.8 Å². The number of benzene rings is 2. The highest BCUT2D eigenvalue weighted by Crippen LogP contribution is 2.34. The van der Waals surface area contributed by atoms with E-state index in [1.807, 2.05) is 6.92 Å². The minimum Gasteiger partial charge on any atom is -0.445 e. The normalized spacial score (nSPS) is 13.8. The van der Waals surface area contributed by atoms with Gasteiger partial charge >= 0.3 is 5.69 Å². The number of halogens is 2. The van der Waals surface area contributed by atoms with Crippen LogP contribution < -0.4 is 15.3 Å². The largest absolute Gasteiger partial charge is 0.445 e. The van der Waals surface area contributed by atoms with Crippen LogP contribution in [0, 0.1) is 11.6 Å². The van der Waals surface area contributed by atoms with Gasteiger partial charge in [0.25, 0.3) is 0 Å². The van der Waals surface area contributed by atoms with E-state index >= 15 is 0 Å². The van der Waals surface area contributed by atoms with Crippen LogP contribution in [0.1, 0.15) is 12.5 Å². The molecule has 2 aromatic heterocycles. The Hall–Kier alpha value is -3.57. The Balaban J connectivity index is 1.25. The molecule has 0 N–H and O–H groups in total. The van der Waals surface area contributed by atoms with Gasteiger partial charge in [-0.25, -0.2) is 18.6 Å². The van der Waals surface area contributed by atoms with Gasteiger partial charge < -0.3 is 14.4 Å². The molecule has 176 valence electrons. The Labute approximate surface area is 197 Å². The van der Waals surface area contributed by atoms with Gasteiger partial charge in [-0.1, -0.05) is 17.4 Å². The van der Waals surface area contributed by atoms with Gasteiger partial charge in [0, 0.05) is 25.3 Å². The fourth-order valence-electron chi connectivity index (χ4n) is 3.62. The van der Waals surface area contributed by atoms with Crippen LogP contribution in [0.5, 0.6) is 10.8 Å². The van der Waals surface area contributed by atoms with Crippen LogP contribution >= 0.6 is 11.3 Å². The van der Waals surface area contributed by atoms with E-state index in [4.69, 9.17) is 9.47 Å². The molecule has 0 atom stereocenters. The number of thiazole rings is 1. The Morgan fingerprint density at radius 2 is 1.85 bits per heavy atom. The van der Waals surface area contributed by atoms with E-state index in [0.29, 0.717) is 23.1 Å². The molecule has 0 aliphatic carbocycles. The highest BCUT2D eigenvalue weighted by Gasteiger charge is 2.29. The SMILES string of the molecule is CCOC1CN(c2ncc(Oc3ccc(-n4ncn(Cc5c(F)cccc5F)c4=O)cc3)s2)C1. The Bertz CT molecular complexity index is 1330. The van der Waals surface area contributed by atoms with E-state index in [1.54, 1.807) is 30.5 Å². The number of hydrogen-bond acceptors (Lipinski definition) is 7. The second kappa shape index (κ2) is 9.35. The van der Waals surface area contributed by atoms with Crippen molar-refractivity contribution in [2.24, 2.45) is 0 Å². The van der Waals surface area contributed by atoms with Crippen LogP contribution in [-0.4, -0.2) is 45.1 Å². The summed E-state index contributed by atoms with van der Waals surface area (Å²) in [7, 11) is 0. The predicted octanol–water partition coefficient (Wildman–Crippen LogP) is 3.83. The maximum atomic E-state index is 13.9. The van der Waals surface area contributed by atoms with Crippen molar-refractivity contribution in [2.45, 2.75) is 19.6 Å². The van der Waals surface area contributed by atoms with Crippen molar-refractivity contribution in [2.75, 3.05) is 24.6 Å². The van der Waals surface area contributed by atoms with Gasteiger partial charge in [0.1, 0.15) is 23.7 Å². The molecule has 34 heavy (non-hydrogen) atoms. The first-order valence-electron chi connectivity index (χ1n) is 10.7. The summed E-state index contributed by atoms with van der Waals surface area (Å²) in [6.45, 7) is 4.07. The van der Waals surface area contributed by atoms with Gasteiger partial charge in [-0.15, -0.1) is 0 Å². The molecule has 4 aromatic rings. The van der Waals surface area contributed by atoms with Crippen molar-refractivity contribution < 1.29 is 18.3 Å². The van der Waals surface area contributed by atoms with Crippen LogP contribution in [0.4, 0.5) is 13.9 Å². The van der Waals surface area contributed by atoms with Crippen molar-refractivity contribution in [3.63, 3.8) is 0 Å². The molecule has 0 unspecified atom stereocenters. The molecule has 0 bridgehead atoms. The van der Waals surface area contributed by atoms with Crippen molar-refractivity contribution in [3.8, 4) is 16.5 Å². The summed E-state index contributed by atoms with van der Waals surface area (Å²) in [4.78, 5) is 19.2. The molecule has 0 saturated carbocycles. The minimum absolute atomic E-state index is 0.191. The summed E-state index contributed by atoms with van der Waals surface area (Å²) in [5.41, 5.74) is -0.204. The number of rotatable bonds is 8. The topological polar surface area (TPSA) is 74.4 Å². The smallest absolute Gasteiger partial charge is 0.350 e. The zero-order chi connectivity index (χ0) is 23.7. The molecule has 5 rings (SSSR count). The van der Waals surface area contributed by atoms with Crippen molar-refractivity contribution >= 4 is 16.5 Å². The lowest BCUT2D eigenvalue weighted by Gasteiger charge is -2.38. The molecule has 1 aliphatic rings. The zero-order valence-electron chi connectivity index (χ0n) is 18.2. The lowest BCUT2D eigenvalue weighted by molar-refractivity contribution is 0.0430. The minimum atomic E-state index is -0.712. The van der Waals surface area contributed by atoms with E-state index in [1.165, 1.54) is 23.7 Å². The molecule has 8 nitrogen and oxygen atoms in total. The third kappa shape index (κ3) is 4.44. The number of nitrogens with zero attached hydrogens (tertiary/aromatic N) is 5. The van der Waals surface area contributed by atoms with E-state index in [9.17, 15) is 13.6 Å². The third-order valence-corrected chi connectivity index (χ3v) is 6.35. The number of ether oxygens (including phenoxy) is 2. The zero-order valence-corrected chi connectivity index (χ0v) is 19.0. The summed E-state index contributed by atoms with van der Waals surface area (Å²) in [5.74, 6) is -0.846. The quantitative estimate of drug-likeness (QED) is 0.378. The van der Waals surface area contributed by atoms with E-state index in [0.717, 1.165) is 39.6 Å². The van der Waals surface area contributed by atoms with Gasteiger partial charge in [-0.3, -0.25) is 4.57 Å². The number of anilines is 1. The summed E-state index contributed by atoms with van der Waals surface area (Å²) in [6, 6.07) is 10.4. The van der Waals surface area contributed by atoms with Crippen molar-refractivity contribution in [1.29, 1.82) is 0 Å². The maximum Gasteiger partial charge on any atom is 0.350 e. The molecular weight excluding hydrogens is 464 g/mol. The first-order chi connectivity index (χ1) is 16.5. The molecule has 0 radical (unpaired) electrons. The van der Waals surface area contributed by atoms with Crippen LogP contribution in [0.2, 0.25) is 0 Å². The van der Waals surface area contributed by atoms with Crippen LogP contribution in [-0.2, 0) is 11.3 Å². The van der Waals surface area contributed by atoms with Gasteiger partial charge in [0.15, 0.2) is 5.13 Å². The monoisotopic (exact) mass is 485 g/mol. The predicted molar refractivity (Wildman–Crippen MR) is 123 cm³/mol. The molecule has 1 aliphatic heterocycles. The van der Waals surface area contributed by atoms with E-state index in [-0.39, 0.29) is 18.2 Å². The molecule has 2 aromatic carbocycles. The highest BCUT2D eigenvalue weighted by molar-refractivity contribution is 7.17. The summed E-state index contributed by atoms with van der Waals surface area (Å²) in [6.07, 6.45) is 3.18. The molecule has 1 saturated heterocycles. The average molecular weight is 486 g/mol. The lowest BCUT2D eigenvalue weighted by atomic mass is 10.2. The van der Waals surface area contributed by atoms with E-state index < -0.39 is 17.3 Å². The van der Waals surface area contributed by atoms with Gasteiger partial charge in [-0.2, -0.15) is 9.78 Å². The van der Waals surface area contributed by atoms with Crippen molar-refractivity contribution in [1.82, 2.24) is 19.3 Å². The van der Waals surface area contributed by atoms with E-state index in [2.05, 4.69) is 15.0 Å². The molecule has 3 heterocycles. The molecule has 1 fully saturated rings. The Kier molecular flexibility index (Phi) is 6.12. The van der Waals surface area contributed by atoms with Crippen molar-refractivity contribution in [3.05, 3.63) is 82.7 Å². The fraction of sp³-hybridized carbons (Fsp3) is 0.261. The van der Waals surface area contributed by atoms with Gasteiger partial charge in [-0.05, 0) is 43.3 Å². The first-order valence-corrected chi connectivity index (χ1v) is 11.5. The van der Waals surface area contributed by atoms with Crippen LogP contribution in [0.25, 0.3) is 5.69 Å². The second-order valence-corrected chi connectivity index (χ2v) is 8.67. The maximum absolute atomic E-state index is 13.9. The van der Waals surface area contributed by atoms with Gasteiger partial charge in [0.05, 0.1) is 24.5 Å². The lowest BCUT2D eigenvalue weighted by Crippen LogP contribution is -2.52. The summed E-state index contributed by atoms with van der Waals surface area (Å²) in [5, 5.41) is 5.60. The molecule has 0 amide bonds. The second-order valence-electron chi connectivity index (χ2n) is 7.69. The Morgan fingerprint density at radius 1 is 1.12 bits per heavy atom. The van der Waals surface area contributed by atoms with Crippen LogP contribution in [0.3, 0.4) is 0 Å². The highest BCUT2D eigenvalue weighted by atomic mass is 32.1. The molecule has 0 spiro atoms. The number of hydrogen-bond donors (Lipinski definition) is 0. The first kappa shape index (κ1) is 22.2. The summed E-state index contributed by atoms with van der Waals surface area (Å²) < 4.78 is 41.6. The molecular formula is C23H21F2N5O3S. The standard InChI is InChI=1S/C23H21F2N5O3S/c1-2-32-17-11-28(12-17)22-26-10-21(34-22)33-16-8-6-15(7-9-16)30-23(31)29(14-27-30)13-18-19(24)4-3-5-20(18)25/h3-10,14,17H,2,11-13H2,1H3. The number of aromatic nitrogens is 4.